The van der Waals surface area contributed by atoms with Crippen LogP contribution in [0.4, 0.5) is 40.3 Å². The molecule has 0 spiro atoms. The SMILES string of the molecule is CC1CN(c2c(F)c(N)c3c(=O)ccn(C4CC4)c3c2F)CC(C)N1C(=N)CC(=N)CCCCCCCN=C(N)N=C(N)N1C(C)CN(c2c(F)c(N)c3c(=O)c(C(=O)O)cn(C4CC4)c3c2F)CC1C. The lowest BCUT2D eigenvalue weighted by molar-refractivity contribution is 0.0694. The molecule has 11 N–H and O–H groups in total. The van der Waals surface area contributed by atoms with Crippen molar-refractivity contribution >= 4 is 74.0 Å². The number of carboxylic acids is 1. The van der Waals surface area contributed by atoms with Gasteiger partial charge in [0.05, 0.1) is 33.2 Å². The molecule has 8 rings (SSSR count). The van der Waals surface area contributed by atoms with Crippen molar-refractivity contribution in [3.05, 3.63) is 67.7 Å². The fourth-order valence-electron chi connectivity index (χ4n) is 10.8. The van der Waals surface area contributed by atoms with Gasteiger partial charge in [-0.1, -0.05) is 19.3 Å². The molecule has 4 aliphatic rings. The number of pyridine rings is 2. The summed E-state index contributed by atoms with van der Waals surface area (Å²) >= 11 is 0. The highest BCUT2D eigenvalue weighted by Crippen LogP contribution is 2.44. The molecule has 4 fully saturated rings. The Morgan fingerprint density at radius 1 is 0.718 bits per heavy atom. The number of amidine groups is 1. The number of benzene rings is 2. The molecule has 0 radical (unpaired) electrons. The van der Waals surface area contributed by atoms with Gasteiger partial charge in [0.15, 0.2) is 34.7 Å². The van der Waals surface area contributed by atoms with Crippen molar-refractivity contribution in [2.75, 3.05) is 54.0 Å². The predicted molar refractivity (Wildman–Crippen MR) is 270 cm³/mol. The van der Waals surface area contributed by atoms with Crippen LogP contribution in [0.25, 0.3) is 21.8 Å². The van der Waals surface area contributed by atoms with Gasteiger partial charge in [-0.05, 0) is 72.6 Å². The van der Waals surface area contributed by atoms with E-state index < -0.39 is 74.5 Å². The maximum atomic E-state index is 16.5. The van der Waals surface area contributed by atoms with E-state index in [-0.39, 0.29) is 102 Å². The zero-order chi connectivity index (χ0) is 51.3. The molecule has 382 valence electrons. The van der Waals surface area contributed by atoms with Gasteiger partial charge >= 0.3 is 5.97 Å². The summed E-state index contributed by atoms with van der Waals surface area (Å²) in [5.74, 6) is -5.04. The lowest BCUT2D eigenvalue weighted by atomic mass is 10.0. The molecule has 18 nitrogen and oxygen atoms in total. The van der Waals surface area contributed by atoms with Crippen molar-refractivity contribution in [1.29, 1.82) is 10.8 Å². The van der Waals surface area contributed by atoms with Crippen LogP contribution in [0.15, 0.2) is 38.0 Å². The molecule has 0 amide bonds. The number of hydrogen-bond donors (Lipinski definition) is 7. The Morgan fingerprint density at radius 3 is 1.76 bits per heavy atom. The van der Waals surface area contributed by atoms with Crippen molar-refractivity contribution in [1.82, 2.24) is 18.9 Å². The predicted octanol–water partition coefficient (Wildman–Crippen LogP) is 6.26. The van der Waals surface area contributed by atoms with Gasteiger partial charge in [-0.2, -0.15) is 4.99 Å². The third-order valence-electron chi connectivity index (χ3n) is 14.3. The summed E-state index contributed by atoms with van der Waals surface area (Å²) < 4.78 is 67.7. The third kappa shape index (κ3) is 9.80. The van der Waals surface area contributed by atoms with Gasteiger partial charge in [0.2, 0.25) is 11.4 Å². The van der Waals surface area contributed by atoms with Gasteiger partial charge in [0.25, 0.3) is 0 Å². The molecule has 2 aromatic carbocycles. The second-order valence-electron chi connectivity index (χ2n) is 19.8. The molecule has 0 bridgehead atoms. The van der Waals surface area contributed by atoms with Gasteiger partial charge in [-0.15, -0.1) is 0 Å². The number of rotatable bonds is 15. The molecule has 71 heavy (non-hydrogen) atoms. The molecule has 22 heteroatoms. The maximum Gasteiger partial charge on any atom is 0.341 e. The van der Waals surface area contributed by atoms with Crippen LogP contribution >= 0.6 is 0 Å². The minimum absolute atomic E-state index is 0.0124. The number of aromatic nitrogens is 2. The quantitative estimate of drug-likeness (QED) is 0.0229. The van der Waals surface area contributed by atoms with Gasteiger partial charge < -0.3 is 62.2 Å². The average molecular weight is 989 g/mol. The molecule has 4 heterocycles. The number of hydrogen-bond acceptors (Lipinski definition) is 10. The monoisotopic (exact) mass is 989 g/mol. The van der Waals surface area contributed by atoms with Crippen molar-refractivity contribution in [2.24, 2.45) is 21.5 Å². The fraction of sp³-hybridized carbons (Fsp3) is 0.531. The van der Waals surface area contributed by atoms with Crippen molar-refractivity contribution in [2.45, 2.75) is 135 Å². The van der Waals surface area contributed by atoms with E-state index in [2.05, 4.69) is 9.98 Å². The Morgan fingerprint density at radius 2 is 1.21 bits per heavy atom. The number of carboxylic acid groups (broad SMARTS) is 1. The summed E-state index contributed by atoms with van der Waals surface area (Å²) in [5, 5.41) is 26.5. The Kier molecular flexibility index (Phi) is 14.3. The lowest BCUT2D eigenvalue weighted by Gasteiger charge is -2.47. The maximum absolute atomic E-state index is 16.5. The molecule has 2 aliphatic heterocycles. The van der Waals surface area contributed by atoms with Crippen LogP contribution in [0.2, 0.25) is 0 Å². The zero-order valence-corrected chi connectivity index (χ0v) is 40.6. The van der Waals surface area contributed by atoms with Crippen LogP contribution < -0.4 is 43.6 Å². The fourth-order valence-corrected chi connectivity index (χ4v) is 10.8. The molecular weight excluding hydrogens is 925 g/mol. The normalized spacial score (nSPS) is 21.2. The Bertz CT molecular complexity index is 2960. The van der Waals surface area contributed by atoms with Gasteiger partial charge in [-0.25, -0.2) is 22.4 Å². The number of anilines is 4. The standard InChI is InChI=1S/C49H64F4N14O4/c1-24-19-62(44-36(50)40(56)34-32(68)15-17-64(29-11-12-29)42(34)38(44)52)20-25(2)66(24)33(55)18-28(54)10-8-6-5-7-9-16-60-48(58)61-49(59)67-26(3)21-63(22-27(67)4)45-37(51)41(57)35-43(39(45)53)65(30-13-14-30)23-31(46(35)69)47(70)71/h15,17,23-27,29-30,54-55H,5-14,16,18-22,56-57H2,1-4H3,(H,70,71)(H4,58,59,60,61). The van der Waals surface area contributed by atoms with Crippen LogP contribution in [-0.2, 0) is 0 Å². The molecule has 2 aliphatic carbocycles. The van der Waals surface area contributed by atoms with Crippen molar-refractivity contribution in [3.8, 4) is 0 Å². The molecule has 4 unspecified atom stereocenters. The number of fused-ring (bicyclic) bond motifs is 2. The largest absolute Gasteiger partial charge is 0.477 e. The highest BCUT2D eigenvalue weighted by atomic mass is 19.1. The molecule has 4 aromatic rings. The molecule has 2 saturated heterocycles. The van der Waals surface area contributed by atoms with E-state index in [9.17, 15) is 19.5 Å². The van der Waals surface area contributed by atoms with E-state index in [1.54, 1.807) is 20.6 Å². The highest BCUT2D eigenvalue weighted by Gasteiger charge is 2.39. The second kappa shape index (κ2) is 20.1. The number of nitrogens with zero attached hydrogens (tertiary/aromatic N) is 8. The van der Waals surface area contributed by atoms with E-state index >= 15 is 17.6 Å². The number of aliphatic imine (C=N–C) groups is 2. The second-order valence-corrected chi connectivity index (χ2v) is 19.8. The van der Waals surface area contributed by atoms with Gasteiger partial charge in [0, 0.05) is 99.6 Å². The number of unbranched alkanes of at least 4 members (excludes halogenated alkanes) is 4. The van der Waals surface area contributed by atoms with Crippen LogP contribution in [0.1, 0.15) is 121 Å². The molecule has 4 atom stereocenters. The summed E-state index contributed by atoms with van der Waals surface area (Å²) in [6.45, 7) is 8.49. The number of nitrogen functional groups attached to an aromatic ring is 2. The van der Waals surface area contributed by atoms with Crippen LogP contribution in [0.3, 0.4) is 0 Å². The third-order valence-corrected chi connectivity index (χ3v) is 14.3. The number of nitrogens with two attached hydrogens (primary N) is 4. The summed E-state index contributed by atoms with van der Waals surface area (Å²) in [4.78, 5) is 53.2. The van der Waals surface area contributed by atoms with Crippen LogP contribution in [-0.4, -0.2) is 110 Å². The molecule has 2 saturated carbocycles. The number of halogens is 4. The lowest BCUT2D eigenvalue weighted by Crippen LogP contribution is -2.61. The average Bonchev–Trinajstić information content (AvgIpc) is 4.23. The van der Waals surface area contributed by atoms with E-state index in [0.717, 1.165) is 51.1 Å². The summed E-state index contributed by atoms with van der Waals surface area (Å²) in [7, 11) is 0. The Labute approximate surface area is 408 Å². The first-order valence-electron chi connectivity index (χ1n) is 24.5. The van der Waals surface area contributed by atoms with E-state index in [4.69, 9.17) is 33.8 Å². The summed E-state index contributed by atoms with van der Waals surface area (Å²) in [6, 6.07) is -0.310. The van der Waals surface area contributed by atoms with Crippen molar-refractivity contribution < 1.29 is 27.5 Å². The van der Waals surface area contributed by atoms with E-state index in [1.165, 1.54) is 15.5 Å². The van der Waals surface area contributed by atoms with E-state index in [0.29, 0.717) is 31.5 Å². The number of aromatic carboxylic acids is 1. The van der Waals surface area contributed by atoms with Gasteiger partial charge in [-0.3, -0.25) is 20.0 Å². The number of nitrogens with one attached hydrogen (secondary N) is 2. The first kappa shape index (κ1) is 50.5. The first-order chi connectivity index (χ1) is 33.7. The molecule has 2 aromatic heterocycles. The van der Waals surface area contributed by atoms with Crippen LogP contribution in [0.5, 0.6) is 0 Å². The van der Waals surface area contributed by atoms with E-state index in [1.807, 2.05) is 32.6 Å². The van der Waals surface area contributed by atoms with Crippen molar-refractivity contribution in [3.63, 3.8) is 0 Å². The summed E-state index contributed by atoms with van der Waals surface area (Å²) in [6.07, 6.45) is 10.5. The minimum Gasteiger partial charge on any atom is -0.477 e. The summed E-state index contributed by atoms with van der Waals surface area (Å²) in [5.41, 5.74) is 21.3. The Hall–Kier alpha value is -6.87. The number of guanidine groups is 2. The molecular formula is C49H64F4N14O4. The van der Waals surface area contributed by atoms with Crippen LogP contribution in [0, 0.1) is 34.1 Å². The minimum atomic E-state index is -1.51. The zero-order valence-electron chi connectivity index (χ0n) is 40.6. The Balaban J connectivity index is 0.781. The number of carbonyl (C=O) groups is 1. The van der Waals surface area contributed by atoms with Gasteiger partial charge in [0.1, 0.15) is 22.8 Å². The number of piperazine rings is 2. The first-order valence-corrected chi connectivity index (χ1v) is 24.5. The topological polar surface area (TPSA) is 271 Å². The highest BCUT2D eigenvalue weighted by molar-refractivity contribution is 6.02. The smallest absolute Gasteiger partial charge is 0.341 e.